The zero-order valence-electron chi connectivity index (χ0n) is 12.2. The molecule has 2 aromatic rings. The van der Waals surface area contributed by atoms with E-state index in [0.29, 0.717) is 5.69 Å². The van der Waals surface area contributed by atoms with E-state index in [9.17, 15) is 22.8 Å². The highest BCUT2D eigenvalue weighted by atomic mass is 19.4. The van der Waals surface area contributed by atoms with Gasteiger partial charge in [-0.25, -0.2) is 4.79 Å². The minimum absolute atomic E-state index is 0.0764. The van der Waals surface area contributed by atoms with Crippen LogP contribution in [0.4, 0.5) is 18.9 Å². The maximum absolute atomic E-state index is 12.6. The Bertz CT molecular complexity index is 780. The van der Waals surface area contributed by atoms with E-state index in [0.717, 1.165) is 18.2 Å². The molecular formula is C17H12F3NO3. The highest BCUT2D eigenvalue weighted by Crippen LogP contribution is 2.29. The fourth-order valence-corrected chi connectivity index (χ4v) is 1.87. The molecule has 7 heteroatoms. The Labute approximate surface area is 135 Å². The van der Waals surface area contributed by atoms with Crippen LogP contribution in [0.2, 0.25) is 0 Å². The van der Waals surface area contributed by atoms with Crippen molar-refractivity contribution < 1.29 is 27.9 Å². The summed E-state index contributed by atoms with van der Waals surface area (Å²) < 4.78 is 37.8. The van der Waals surface area contributed by atoms with Gasteiger partial charge in [0.25, 0.3) is 0 Å². The maximum Gasteiger partial charge on any atom is 0.416 e. The van der Waals surface area contributed by atoms with Gasteiger partial charge in [-0.05, 0) is 48.0 Å². The number of rotatable bonds is 4. The molecule has 2 N–H and O–H groups in total. The summed E-state index contributed by atoms with van der Waals surface area (Å²) >= 11 is 0. The van der Waals surface area contributed by atoms with Crippen LogP contribution in [0.3, 0.4) is 0 Å². The van der Waals surface area contributed by atoms with Crippen LogP contribution in [-0.4, -0.2) is 17.0 Å². The van der Waals surface area contributed by atoms with E-state index in [2.05, 4.69) is 5.32 Å². The second-order valence-corrected chi connectivity index (χ2v) is 4.83. The highest BCUT2D eigenvalue weighted by molar-refractivity contribution is 6.02. The molecule has 0 spiro atoms. The molecule has 0 bridgehead atoms. The van der Waals surface area contributed by atoms with Crippen LogP contribution in [0, 0.1) is 0 Å². The van der Waals surface area contributed by atoms with Crippen molar-refractivity contribution in [3.05, 3.63) is 71.3 Å². The van der Waals surface area contributed by atoms with Crippen molar-refractivity contribution in [1.82, 2.24) is 0 Å². The van der Waals surface area contributed by atoms with Gasteiger partial charge in [-0.2, -0.15) is 13.2 Å². The van der Waals surface area contributed by atoms with Crippen molar-refractivity contribution >= 4 is 23.6 Å². The van der Waals surface area contributed by atoms with E-state index in [-0.39, 0.29) is 11.1 Å². The van der Waals surface area contributed by atoms with Gasteiger partial charge in [-0.3, -0.25) is 4.79 Å². The molecule has 0 aliphatic heterocycles. The fourth-order valence-electron chi connectivity index (χ4n) is 1.87. The average molecular weight is 335 g/mol. The van der Waals surface area contributed by atoms with Gasteiger partial charge in [0.15, 0.2) is 0 Å². The second kappa shape index (κ2) is 6.99. The number of alkyl halides is 3. The third kappa shape index (κ3) is 4.70. The Morgan fingerprint density at radius 1 is 1.04 bits per heavy atom. The normalized spacial score (nSPS) is 11.5. The monoisotopic (exact) mass is 335 g/mol. The molecule has 2 aromatic carbocycles. The molecule has 4 nitrogen and oxygen atoms in total. The third-order valence-corrected chi connectivity index (χ3v) is 3.04. The number of hydrogen-bond acceptors (Lipinski definition) is 2. The molecule has 0 aliphatic carbocycles. The molecule has 24 heavy (non-hydrogen) atoms. The van der Waals surface area contributed by atoms with Crippen LogP contribution in [-0.2, 0) is 11.0 Å². The highest BCUT2D eigenvalue weighted by Gasteiger charge is 2.30. The topological polar surface area (TPSA) is 66.4 Å². The van der Waals surface area contributed by atoms with E-state index >= 15 is 0 Å². The van der Waals surface area contributed by atoms with Crippen molar-refractivity contribution in [2.45, 2.75) is 6.18 Å². The van der Waals surface area contributed by atoms with Crippen LogP contribution in [0.25, 0.3) is 6.08 Å². The quantitative estimate of drug-likeness (QED) is 0.828. The number of hydrogen-bond donors (Lipinski definition) is 2. The third-order valence-electron chi connectivity index (χ3n) is 3.04. The number of aromatic carboxylic acids is 1. The van der Waals surface area contributed by atoms with Crippen molar-refractivity contribution in [3.8, 4) is 0 Å². The molecule has 1 amide bonds. The zero-order chi connectivity index (χ0) is 17.7. The SMILES string of the molecule is O=C(/C=C/c1cccc(C(F)(F)F)c1)Nc1ccc(C(=O)O)cc1. The molecular weight excluding hydrogens is 323 g/mol. The van der Waals surface area contributed by atoms with Gasteiger partial charge in [-0.1, -0.05) is 12.1 Å². The molecule has 0 aliphatic rings. The first-order valence-electron chi connectivity index (χ1n) is 6.75. The molecule has 0 heterocycles. The zero-order valence-corrected chi connectivity index (χ0v) is 12.2. The maximum atomic E-state index is 12.6. The molecule has 2 rings (SSSR count). The number of anilines is 1. The van der Waals surface area contributed by atoms with E-state index in [4.69, 9.17) is 5.11 Å². The lowest BCUT2D eigenvalue weighted by Gasteiger charge is -2.06. The van der Waals surface area contributed by atoms with Crippen LogP contribution in [0.5, 0.6) is 0 Å². The van der Waals surface area contributed by atoms with Crippen LogP contribution in [0.15, 0.2) is 54.6 Å². The van der Waals surface area contributed by atoms with E-state index in [1.54, 1.807) is 0 Å². The number of benzene rings is 2. The Kier molecular flexibility index (Phi) is 5.03. The predicted molar refractivity (Wildman–Crippen MR) is 82.5 cm³/mol. The largest absolute Gasteiger partial charge is 0.478 e. The van der Waals surface area contributed by atoms with Gasteiger partial charge in [0, 0.05) is 11.8 Å². The number of carbonyl (C=O) groups excluding carboxylic acids is 1. The first kappa shape index (κ1) is 17.3. The van der Waals surface area contributed by atoms with Crippen molar-refractivity contribution in [3.63, 3.8) is 0 Å². The summed E-state index contributed by atoms with van der Waals surface area (Å²) in [4.78, 5) is 22.5. The smallest absolute Gasteiger partial charge is 0.416 e. The van der Waals surface area contributed by atoms with E-state index in [1.165, 1.54) is 42.5 Å². The van der Waals surface area contributed by atoms with E-state index in [1.807, 2.05) is 0 Å². The number of carbonyl (C=O) groups is 2. The second-order valence-electron chi connectivity index (χ2n) is 4.83. The Balaban J connectivity index is 2.04. The molecule has 0 unspecified atom stereocenters. The van der Waals surface area contributed by atoms with E-state index < -0.39 is 23.6 Å². The first-order valence-corrected chi connectivity index (χ1v) is 6.75. The van der Waals surface area contributed by atoms with Crippen LogP contribution in [0.1, 0.15) is 21.5 Å². The Hall–Kier alpha value is -3.09. The molecule has 0 saturated heterocycles. The van der Waals surface area contributed by atoms with Gasteiger partial charge >= 0.3 is 12.1 Å². The summed E-state index contributed by atoms with van der Waals surface area (Å²) in [6.07, 6.45) is -2.09. The average Bonchev–Trinajstić information content (AvgIpc) is 2.53. The summed E-state index contributed by atoms with van der Waals surface area (Å²) in [7, 11) is 0. The lowest BCUT2D eigenvalue weighted by atomic mass is 10.1. The van der Waals surface area contributed by atoms with Crippen LogP contribution >= 0.6 is 0 Å². The number of nitrogens with one attached hydrogen (secondary N) is 1. The lowest BCUT2D eigenvalue weighted by molar-refractivity contribution is -0.137. The van der Waals surface area contributed by atoms with Crippen molar-refractivity contribution in [2.24, 2.45) is 0 Å². The summed E-state index contributed by atoms with van der Waals surface area (Å²) in [5.41, 5.74) is -0.110. The molecule has 0 atom stereocenters. The lowest BCUT2D eigenvalue weighted by Crippen LogP contribution is -2.08. The predicted octanol–water partition coefficient (Wildman–Crippen LogP) is 4.06. The van der Waals surface area contributed by atoms with Crippen molar-refractivity contribution in [2.75, 3.05) is 5.32 Å². The number of amides is 1. The Morgan fingerprint density at radius 3 is 2.29 bits per heavy atom. The fraction of sp³-hybridized carbons (Fsp3) is 0.0588. The summed E-state index contributed by atoms with van der Waals surface area (Å²) in [5.74, 6) is -1.63. The number of halogens is 3. The van der Waals surface area contributed by atoms with Gasteiger partial charge in [0.05, 0.1) is 11.1 Å². The Morgan fingerprint density at radius 2 is 1.71 bits per heavy atom. The van der Waals surface area contributed by atoms with Gasteiger partial charge in [0.2, 0.25) is 5.91 Å². The summed E-state index contributed by atoms with van der Waals surface area (Å²) in [5, 5.41) is 11.3. The van der Waals surface area contributed by atoms with Crippen LogP contribution < -0.4 is 5.32 Å². The standard InChI is InChI=1S/C17H12F3NO3/c18-17(19,20)13-3-1-2-11(10-13)4-9-15(22)21-14-7-5-12(6-8-14)16(23)24/h1-10H,(H,21,22)(H,23,24)/b9-4+. The molecule has 0 fully saturated rings. The first-order chi connectivity index (χ1) is 11.3. The van der Waals surface area contributed by atoms with Gasteiger partial charge in [-0.15, -0.1) is 0 Å². The summed E-state index contributed by atoms with van der Waals surface area (Å²) in [6.45, 7) is 0. The molecule has 0 saturated carbocycles. The van der Waals surface area contributed by atoms with Gasteiger partial charge in [0.1, 0.15) is 0 Å². The minimum atomic E-state index is -4.45. The van der Waals surface area contributed by atoms with Crippen molar-refractivity contribution in [1.29, 1.82) is 0 Å². The number of carboxylic acid groups (broad SMARTS) is 1. The molecule has 0 aromatic heterocycles. The molecule has 124 valence electrons. The number of carboxylic acids is 1. The van der Waals surface area contributed by atoms with Gasteiger partial charge < -0.3 is 10.4 Å². The molecule has 0 radical (unpaired) electrons. The summed E-state index contributed by atoms with van der Waals surface area (Å²) in [6, 6.07) is 10.1. The minimum Gasteiger partial charge on any atom is -0.478 e.